The number of amides is 2. The second-order valence-corrected chi connectivity index (χ2v) is 9.06. The van der Waals surface area contributed by atoms with E-state index in [1.807, 2.05) is 12.1 Å². The first-order valence-electron chi connectivity index (χ1n) is 11.3. The summed E-state index contributed by atoms with van der Waals surface area (Å²) < 4.78 is 5.77. The summed E-state index contributed by atoms with van der Waals surface area (Å²) in [5.41, 5.74) is 2.69. The molecule has 0 saturated carbocycles. The standard InChI is InChI=1S/C23H30N4O3/c28-20-5-4-19(23(29)25-20)21-18-3-1-2-17(22(18)30-26-21)16-8-12-27(13-9-16)14-15-6-10-24-11-7-15/h1-3,15-16,19,24H,4-14H2,(H,25,28,29). The van der Waals surface area contributed by atoms with Gasteiger partial charge in [0.1, 0.15) is 5.69 Å². The predicted octanol–water partition coefficient (Wildman–Crippen LogP) is 2.53. The molecule has 0 spiro atoms. The largest absolute Gasteiger partial charge is 0.356 e. The summed E-state index contributed by atoms with van der Waals surface area (Å²) in [7, 11) is 0. The Morgan fingerprint density at radius 2 is 1.87 bits per heavy atom. The SMILES string of the molecule is O=C1CCC(c2noc3c(C4CCN(CC5CCNCC5)CC4)cccc23)C(=O)N1. The molecule has 30 heavy (non-hydrogen) atoms. The van der Waals surface area contributed by atoms with Gasteiger partial charge in [0.15, 0.2) is 5.58 Å². The Morgan fingerprint density at radius 3 is 2.63 bits per heavy atom. The van der Waals surface area contributed by atoms with Crippen molar-refractivity contribution in [2.45, 2.75) is 50.4 Å². The van der Waals surface area contributed by atoms with Crippen LogP contribution in [0.3, 0.4) is 0 Å². The van der Waals surface area contributed by atoms with Crippen LogP contribution in [0.4, 0.5) is 0 Å². The van der Waals surface area contributed by atoms with Crippen LogP contribution >= 0.6 is 0 Å². The smallest absolute Gasteiger partial charge is 0.235 e. The monoisotopic (exact) mass is 410 g/mol. The molecule has 1 aromatic heterocycles. The van der Waals surface area contributed by atoms with Crippen molar-refractivity contribution in [2.24, 2.45) is 5.92 Å². The Bertz CT molecular complexity index is 926. The zero-order valence-corrected chi connectivity index (χ0v) is 17.4. The Labute approximate surface area is 176 Å². The summed E-state index contributed by atoms with van der Waals surface area (Å²) >= 11 is 0. The fourth-order valence-corrected chi connectivity index (χ4v) is 5.39. The lowest BCUT2D eigenvalue weighted by atomic mass is 9.86. The van der Waals surface area contributed by atoms with Gasteiger partial charge in [0.05, 0.1) is 5.92 Å². The van der Waals surface area contributed by atoms with Gasteiger partial charge in [0.25, 0.3) is 0 Å². The highest BCUT2D eigenvalue weighted by atomic mass is 16.5. The zero-order chi connectivity index (χ0) is 20.5. The highest BCUT2D eigenvalue weighted by Gasteiger charge is 2.33. The number of piperidine rings is 3. The molecule has 3 aliphatic rings. The lowest BCUT2D eigenvalue weighted by molar-refractivity contribution is -0.134. The average Bonchev–Trinajstić information content (AvgIpc) is 3.19. The number of nitrogens with zero attached hydrogens (tertiary/aromatic N) is 2. The van der Waals surface area contributed by atoms with Gasteiger partial charge in [-0.05, 0) is 76.2 Å². The molecular formula is C23H30N4O3. The third-order valence-corrected chi connectivity index (χ3v) is 7.13. The molecule has 7 nitrogen and oxygen atoms in total. The molecule has 1 aromatic carbocycles. The second kappa shape index (κ2) is 8.47. The van der Waals surface area contributed by atoms with Gasteiger partial charge in [0, 0.05) is 23.9 Å². The van der Waals surface area contributed by atoms with Crippen LogP contribution in [0.2, 0.25) is 0 Å². The van der Waals surface area contributed by atoms with E-state index >= 15 is 0 Å². The van der Waals surface area contributed by atoms with Crippen molar-refractivity contribution in [2.75, 3.05) is 32.7 Å². The number of hydrogen-bond donors (Lipinski definition) is 2. The molecule has 3 saturated heterocycles. The fraction of sp³-hybridized carbons (Fsp3) is 0.609. The van der Waals surface area contributed by atoms with Crippen LogP contribution in [0.5, 0.6) is 0 Å². The minimum absolute atomic E-state index is 0.207. The van der Waals surface area contributed by atoms with E-state index in [2.05, 4.69) is 26.8 Å². The van der Waals surface area contributed by atoms with Crippen molar-refractivity contribution in [3.63, 3.8) is 0 Å². The number of fused-ring (bicyclic) bond motifs is 1. The lowest BCUT2D eigenvalue weighted by Crippen LogP contribution is -2.39. The van der Waals surface area contributed by atoms with Crippen molar-refractivity contribution in [1.82, 2.24) is 20.7 Å². The molecule has 2 amide bonds. The van der Waals surface area contributed by atoms with Crippen LogP contribution < -0.4 is 10.6 Å². The van der Waals surface area contributed by atoms with Crippen LogP contribution in [-0.4, -0.2) is 54.6 Å². The van der Waals surface area contributed by atoms with Gasteiger partial charge in [-0.2, -0.15) is 0 Å². The number of imide groups is 1. The molecule has 3 fully saturated rings. The maximum absolute atomic E-state index is 12.3. The van der Waals surface area contributed by atoms with Crippen LogP contribution in [0.25, 0.3) is 11.0 Å². The van der Waals surface area contributed by atoms with E-state index in [-0.39, 0.29) is 11.8 Å². The van der Waals surface area contributed by atoms with E-state index in [9.17, 15) is 9.59 Å². The van der Waals surface area contributed by atoms with E-state index < -0.39 is 5.92 Å². The predicted molar refractivity (Wildman–Crippen MR) is 113 cm³/mol. The second-order valence-electron chi connectivity index (χ2n) is 9.06. The summed E-state index contributed by atoms with van der Waals surface area (Å²) in [5, 5.41) is 11.1. The number of rotatable bonds is 4. The van der Waals surface area contributed by atoms with Gasteiger partial charge in [-0.15, -0.1) is 0 Å². The minimum atomic E-state index is -0.411. The first kappa shape index (κ1) is 19.7. The summed E-state index contributed by atoms with van der Waals surface area (Å²) in [6, 6.07) is 6.18. The van der Waals surface area contributed by atoms with E-state index in [0.29, 0.717) is 24.5 Å². The highest BCUT2D eigenvalue weighted by Crippen LogP contribution is 2.37. The number of aromatic nitrogens is 1. The van der Waals surface area contributed by atoms with Crippen molar-refractivity contribution in [1.29, 1.82) is 0 Å². The minimum Gasteiger partial charge on any atom is -0.356 e. The average molecular weight is 411 g/mol. The molecule has 3 aliphatic heterocycles. The Kier molecular flexibility index (Phi) is 5.56. The van der Waals surface area contributed by atoms with E-state index in [4.69, 9.17) is 4.52 Å². The maximum atomic E-state index is 12.3. The molecule has 160 valence electrons. The van der Waals surface area contributed by atoms with Crippen molar-refractivity contribution in [3.8, 4) is 0 Å². The summed E-state index contributed by atoms with van der Waals surface area (Å²) in [4.78, 5) is 26.4. The van der Waals surface area contributed by atoms with Gasteiger partial charge in [-0.25, -0.2) is 0 Å². The van der Waals surface area contributed by atoms with Crippen molar-refractivity contribution >= 4 is 22.8 Å². The molecule has 4 heterocycles. The van der Waals surface area contributed by atoms with Crippen LogP contribution in [0.1, 0.15) is 61.6 Å². The van der Waals surface area contributed by atoms with Crippen molar-refractivity contribution < 1.29 is 14.1 Å². The fourth-order valence-electron chi connectivity index (χ4n) is 5.39. The summed E-state index contributed by atoms with van der Waals surface area (Å²) in [5.74, 6) is 0.405. The molecule has 1 unspecified atom stereocenters. The number of hydrogen-bond acceptors (Lipinski definition) is 6. The van der Waals surface area contributed by atoms with Gasteiger partial charge in [0.2, 0.25) is 11.8 Å². The Hall–Kier alpha value is -2.25. The maximum Gasteiger partial charge on any atom is 0.235 e. The van der Waals surface area contributed by atoms with Crippen molar-refractivity contribution in [3.05, 3.63) is 29.5 Å². The van der Waals surface area contributed by atoms with Gasteiger partial charge in [-0.3, -0.25) is 14.9 Å². The molecule has 5 rings (SSSR count). The lowest BCUT2D eigenvalue weighted by Gasteiger charge is -2.35. The number of nitrogens with one attached hydrogen (secondary N) is 2. The van der Waals surface area contributed by atoms with E-state index in [0.717, 1.165) is 55.9 Å². The molecule has 0 radical (unpaired) electrons. The van der Waals surface area contributed by atoms with Gasteiger partial charge >= 0.3 is 0 Å². The molecule has 0 bridgehead atoms. The number of para-hydroxylation sites is 1. The van der Waals surface area contributed by atoms with Crippen LogP contribution in [0.15, 0.2) is 22.7 Å². The Morgan fingerprint density at radius 1 is 1.07 bits per heavy atom. The molecular weight excluding hydrogens is 380 g/mol. The summed E-state index contributed by atoms with van der Waals surface area (Å²) in [6.07, 6.45) is 5.67. The normalized spacial score (nSPS) is 25.0. The van der Waals surface area contributed by atoms with Gasteiger partial charge < -0.3 is 14.7 Å². The third kappa shape index (κ3) is 3.88. The highest BCUT2D eigenvalue weighted by molar-refractivity contribution is 6.02. The zero-order valence-electron chi connectivity index (χ0n) is 17.4. The quantitative estimate of drug-likeness (QED) is 0.753. The summed E-state index contributed by atoms with van der Waals surface area (Å²) in [6.45, 7) is 5.78. The van der Waals surface area contributed by atoms with E-state index in [1.165, 1.54) is 24.9 Å². The molecule has 2 aromatic rings. The van der Waals surface area contributed by atoms with Crippen LogP contribution in [-0.2, 0) is 9.59 Å². The first-order chi connectivity index (χ1) is 14.7. The first-order valence-corrected chi connectivity index (χ1v) is 11.3. The van der Waals surface area contributed by atoms with Gasteiger partial charge in [-0.1, -0.05) is 17.3 Å². The Balaban J connectivity index is 1.29. The molecule has 7 heteroatoms. The van der Waals surface area contributed by atoms with Crippen LogP contribution in [0, 0.1) is 5.92 Å². The number of likely N-dealkylation sites (tertiary alicyclic amines) is 1. The number of benzene rings is 1. The topological polar surface area (TPSA) is 87.5 Å². The number of carbonyl (C=O) groups excluding carboxylic acids is 2. The third-order valence-electron chi connectivity index (χ3n) is 7.13. The van der Waals surface area contributed by atoms with E-state index in [1.54, 1.807) is 0 Å². The molecule has 1 atom stereocenters. The number of carbonyl (C=O) groups is 2. The molecule has 2 N–H and O–H groups in total. The molecule has 0 aliphatic carbocycles.